The molecular weight excluding hydrogens is 485 g/mol. The summed E-state index contributed by atoms with van der Waals surface area (Å²) >= 11 is 0. The van der Waals surface area contributed by atoms with Gasteiger partial charge in [-0.1, -0.05) is 36.9 Å². The van der Waals surface area contributed by atoms with Crippen molar-refractivity contribution in [1.82, 2.24) is 4.31 Å². The summed E-state index contributed by atoms with van der Waals surface area (Å²) in [5.41, 5.74) is -1.65. The van der Waals surface area contributed by atoms with Gasteiger partial charge < -0.3 is 14.8 Å². The normalized spacial score (nSPS) is 12.9. The molecule has 1 amide bonds. The molecule has 0 spiro atoms. The van der Waals surface area contributed by atoms with E-state index in [2.05, 4.69) is 11.9 Å². The average Bonchev–Trinajstić information content (AvgIpc) is 2.83. The van der Waals surface area contributed by atoms with Gasteiger partial charge in [-0.3, -0.25) is 9.10 Å². The molecule has 0 saturated carbocycles. The van der Waals surface area contributed by atoms with Crippen molar-refractivity contribution in [3.63, 3.8) is 0 Å². The van der Waals surface area contributed by atoms with E-state index in [1.54, 1.807) is 6.07 Å². The summed E-state index contributed by atoms with van der Waals surface area (Å²) in [5.74, 6) is -0.745. The number of para-hydroxylation sites is 1. The Labute approximate surface area is 202 Å². The minimum atomic E-state index is -4.72. The van der Waals surface area contributed by atoms with Crippen LogP contribution in [0.25, 0.3) is 0 Å². The molecule has 0 fully saturated rings. The van der Waals surface area contributed by atoms with Gasteiger partial charge in [-0.25, -0.2) is 8.42 Å². The number of hydrogen-bond donors (Lipinski definition) is 1. The van der Waals surface area contributed by atoms with Crippen LogP contribution in [-0.2, 0) is 30.5 Å². The Bertz CT molecular complexity index is 1220. The number of ether oxygens (including phenoxy) is 2. The largest absolute Gasteiger partial charge is 0.499 e. The molecule has 188 valence electrons. The zero-order chi connectivity index (χ0) is 26.2. The van der Waals surface area contributed by atoms with Crippen molar-refractivity contribution < 1.29 is 35.9 Å². The molecule has 1 N–H and O–H groups in total. The molecular formula is C24H25F3N2O5S. The molecule has 0 aromatic heterocycles. The number of methoxy groups -OCH3 is 2. The smallest absolute Gasteiger partial charge is 0.418 e. The highest BCUT2D eigenvalue weighted by Gasteiger charge is 2.34. The molecule has 0 unspecified atom stereocenters. The molecule has 0 saturated heterocycles. The number of benzene rings is 2. The maximum absolute atomic E-state index is 13.5. The molecule has 7 nitrogen and oxygen atoms in total. The fourth-order valence-corrected chi connectivity index (χ4v) is 4.45. The predicted molar refractivity (Wildman–Crippen MR) is 125 cm³/mol. The molecule has 0 aliphatic heterocycles. The molecule has 0 radical (unpaired) electrons. The third-order valence-corrected chi connectivity index (χ3v) is 6.55. The Morgan fingerprint density at radius 2 is 1.66 bits per heavy atom. The summed E-state index contributed by atoms with van der Waals surface area (Å²) in [7, 11) is -1.73. The molecule has 2 rings (SSSR count). The third-order valence-electron chi connectivity index (χ3n) is 4.78. The van der Waals surface area contributed by atoms with Crippen LogP contribution in [0.1, 0.15) is 12.5 Å². The van der Waals surface area contributed by atoms with Crippen LogP contribution in [0.5, 0.6) is 0 Å². The number of rotatable bonds is 10. The second-order valence-electron chi connectivity index (χ2n) is 7.02. The fourth-order valence-electron chi connectivity index (χ4n) is 2.97. The topological polar surface area (TPSA) is 84.9 Å². The van der Waals surface area contributed by atoms with Crippen molar-refractivity contribution in [2.24, 2.45) is 0 Å². The number of nitrogens with zero attached hydrogens (tertiary/aromatic N) is 1. The van der Waals surface area contributed by atoms with Crippen molar-refractivity contribution in [3.05, 3.63) is 96.1 Å². The fraction of sp³-hybridized carbons (Fsp3) is 0.208. The summed E-state index contributed by atoms with van der Waals surface area (Å²) in [4.78, 5) is 12.8. The molecule has 2 aromatic carbocycles. The van der Waals surface area contributed by atoms with Crippen molar-refractivity contribution in [1.29, 1.82) is 0 Å². The van der Waals surface area contributed by atoms with E-state index in [0.29, 0.717) is 0 Å². The number of anilines is 1. The summed E-state index contributed by atoms with van der Waals surface area (Å²) in [6.45, 7) is 4.20. The lowest BCUT2D eigenvalue weighted by Gasteiger charge is -2.26. The van der Waals surface area contributed by atoms with Gasteiger partial charge in [-0.05, 0) is 37.3 Å². The first-order valence-electron chi connectivity index (χ1n) is 10.1. The van der Waals surface area contributed by atoms with Crippen molar-refractivity contribution in [2.75, 3.05) is 26.1 Å². The SMILES string of the molecule is C=C/C(=C\C(=C(/C)OC)N(CC(=O)Nc1ccccc1C(F)(F)F)S(=O)(=O)c1ccccc1)OC. The Morgan fingerprint density at radius 1 is 1.06 bits per heavy atom. The van der Waals surface area contributed by atoms with Gasteiger partial charge in [0.05, 0.1) is 36.1 Å². The van der Waals surface area contributed by atoms with E-state index in [9.17, 15) is 26.4 Å². The lowest BCUT2D eigenvalue weighted by atomic mass is 10.1. The maximum atomic E-state index is 13.5. The molecule has 0 atom stereocenters. The quantitative estimate of drug-likeness (QED) is 0.362. The van der Waals surface area contributed by atoms with Crippen LogP contribution >= 0.6 is 0 Å². The van der Waals surface area contributed by atoms with E-state index in [4.69, 9.17) is 9.47 Å². The zero-order valence-corrected chi connectivity index (χ0v) is 20.1. The van der Waals surface area contributed by atoms with Gasteiger partial charge in [0.25, 0.3) is 10.0 Å². The molecule has 11 heteroatoms. The highest BCUT2D eigenvalue weighted by atomic mass is 32.2. The van der Waals surface area contributed by atoms with E-state index in [-0.39, 0.29) is 22.1 Å². The maximum Gasteiger partial charge on any atom is 0.418 e. The molecule has 0 heterocycles. The van der Waals surface area contributed by atoms with E-state index < -0.39 is 39.9 Å². The van der Waals surface area contributed by atoms with Gasteiger partial charge in [0.1, 0.15) is 18.1 Å². The van der Waals surface area contributed by atoms with E-state index >= 15 is 0 Å². The average molecular weight is 511 g/mol. The Morgan fingerprint density at radius 3 is 2.20 bits per heavy atom. The lowest BCUT2D eigenvalue weighted by Crippen LogP contribution is -2.38. The summed E-state index contributed by atoms with van der Waals surface area (Å²) < 4.78 is 78.3. The van der Waals surface area contributed by atoms with Crippen LogP contribution in [-0.4, -0.2) is 39.4 Å². The predicted octanol–water partition coefficient (Wildman–Crippen LogP) is 4.93. The number of alkyl halides is 3. The second-order valence-corrected chi connectivity index (χ2v) is 8.88. The van der Waals surface area contributed by atoms with Gasteiger partial charge in [0.2, 0.25) is 5.91 Å². The Kier molecular flexibility index (Phi) is 9.12. The minimum Gasteiger partial charge on any atom is -0.499 e. The first kappa shape index (κ1) is 27.5. The second kappa shape index (κ2) is 11.6. The highest BCUT2D eigenvalue weighted by Crippen LogP contribution is 2.34. The van der Waals surface area contributed by atoms with Crippen molar-refractivity contribution >= 4 is 21.6 Å². The number of amides is 1. The zero-order valence-electron chi connectivity index (χ0n) is 19.3. The third kappa shape index (κ3) is 6.89. The van der Waals surface area contributed by atoms with Gasteiger partial charge in [-0.2, -0.15) is 13.2 Å². The monoisotopic (exact) mass is 510 g/mol. The van der Waals surface area contributed by atoms with E-state index in [0.717, 1.165) is 16.4 Å². The molecule has 0 bridgehead atoms. The van der Waals surface area contributed by atoms with Crippen LogP contribution in [0.2, 0.25) is 0 Å². The number of nitrogens with one attached hydrogen (secondary N) is 1. The highest BCUT2D eigenvalue weighted by molar-refractivity contribution is 7.89. The van der Waals surface area contributed by atoms with Crippen LogP contribution in [0, 0.1) is 0 Å². The Hall–Kier alpha value is -3.73. The Balaban J connectivity index is 2.60. The van der Waals surface area contributed by atoms with Crippen LogP contribution in [0.3, 0.4) is 0 Å². The summed E-state index contributed by atoms with van der Waals surface area (Å²) in [6, 6.07) is 11.7. The number of carbonyl (C=O) groups excluding carboxylic acids is 1. The summed E-state index contributed by atoms with van der Waals surface area (Å²) in [6.07, 6.45) is -2.11. The molecule has 2 aromatic rings. The van der Waals surface area contributed by atoms with Crippen LogP contribution in [0.15, 0.2) is 95.4 Å². The number of sulfonamides is 1. The molecule has 0 aliphatic rings. The number of allylic oxidation sites excluding steroid dienone is 3. The molecule has 0 aliphatic carbocycles. The first-order chi connectivity index (χ1) is 16.4. The minimum absolute atomic E-state index is 0.0765. The van der Waals surface area contributed by atoms with Gasteiger partial charge in [0, 0.05) is 6.08 Å². The van der Waals surface area contributed by atoms with Crippen LogP contribution < -0.4 is 5.32 Å². The number of halogens is 3. The summed E-state index contributed by atoms with van der Waals surface area (Å²) in [5, 5.41) is 2.16. The van der Waals surface area contributed by atoms with Gasteiger partial charge >= 0.3 is 6.18 Å². The van der Waals surface area contributed by atoms with Crippen molar-refractivity contribution in [2.45, 2.75) is 18.0 Å². The lowest BCUT2D eigenvalue weighted by molar-refractivity contribution is -0.137. The number of carbonyl (C=O) groups is 1. The van der Waals surface area contributed by atoms with Gasteiger partial charge in [-0.15, -0.1) is 0 Å². The van der Waals surface area contributed by atoms with Crippen LogP contribution in [0.4, 0.5) is 18.9 Å². The first-order valence-corrected chi connectivity index (χ1v) is 11.6. The van der Waals surface area contributed by atoms with E-state index in [1.807, 2.05) is 0 Å². The standard InChI is InChI=1S/C24H25F3N2O5S/c1-5-18(34-4)15-22(17(2)33-3)29(35(31,32)19-11-7-6-8-12-19)16-23(30)28-21-14-10-9-13-20(21)24(25,26)27/h5-15H,1,16H2,2-4H3,(H,28,30)/b18-15+,22-17-. The molecule has 35 heavy (non-hydrogen) atoms. The number of hydrogen-bond acceptors (Lipinski definition) is 5. The van der Waals surface area contributed by atoms with Gasteiger partial charge in [0.15, 0.2) is 0 Å². The van der Waals surface area contributed by atoms with Crippen molar-refractivity contribution in [3.8, 4) is 0 Å². The van der Waals surface area contributed by atoms with E-state index in [1.165, 1.54) is 69.7 Å².